The van der Waals surface area contributed by atoms with E-state index in [4.69, 9.17) is 10.5 Å². The summed E-state index contributed by atoms with van der Waals surface area (Å²) in [6, 6.07) is 20.6. The molecule has 0 fully saturated rings. The topological polar surface area (TPSA) is 99.2 Å². The molecule has 166 valence electrons. The number of aromatic nitrogens is 2. The van der Waals surface area contributed by atoms with Crippen LogP contribution in [0.5, 0.6) is 5.75 Å². The van der Waals surface area contributed by atoms with Crippen LogP contribution >= 0.6 is 0 Å². The molecule has 0 atom stereocenters. The molecule has 3 aromatic carbocycles. The molecule has 0 bridgehead atoms. The highest BCUT2D eigenvalue weighted by Crippen LogP contribution is 2.26. The van der Waals surface area contributed by atoms with Crippen molar-refractivity contribution in [1.29, 1.82) is 0 Å². The lowest BCUT2D eigenvalue weighted by Gasteiger charge is -2.08. The summed E-state index contributed by atoms with van der Waals surface area (Å²) < 4.78 is 20.7. The van der Waals surface area contributed by atoms with Crippen LogP contribution in [0.3, 0.4) is 0 Å². The zero-order valence-electron chi connectivity index (χ0n) is 17.8. The molecule has 3 N–H and O–H groups in total. The van der Waals surface area contributed by atoms with Gasteiger partial charge in [-0.25, -0.2) is 4.39 Å². The number of nitrogens with one attached hydrogen (secondary N) is 1. The van der Waals surface area contributed by atoms with Gasteiger partial charge in [0.1, 0.15) is 17.3 Å². The minimum Gasteiger partial charge on any atom is -0.497 e. The second-order valence-corrected chi connectivity index (χ2v) is 7.32. The number of hydrogen-bond acceptors (Lipinski definition) is 4. The van der Waals surface area contributed by atoms with Gasteiger partial charge in [-0.2, -0.15) is 5.10 Å². The highest BCUT2D eigenvalue weighted by atomic mass is 19.1. The Morgan fingerprint density at radius 1 is 1.03 bits per heavy atom. The van der Waals surface area contributed by atoms with Crippen molar-refractivity contribution in [2.24, 2.45) is 5.73 Å². The van der Waals surface area contributed by atoms with Crippen molar-refractivity contribution in [1.82, 2.24) is 9.78 Å². The van der Waals surface area contributed by atoms with Crippen LogP contribution < -0.4 is 15.8 Å². The van der Waals surface area contributed by atoms with Crippen molar-refractivity contribution < 1.29 is 18.7 Å². The van der Waals surface area contributed by atoms with Crippen LogP contribution in [-0.4, -0.2) is 28.7 Å². The molecular weight excluding hydrogens is 423 g/mol. The number of carbonyl (C=O) groups excluding carboxylic acids is 2. The average Bonchev–Trinajstić information content (AvgIpc) is 3.24. The minimum absolute atomic E-state index is 0.242. The van der Waals surface area contributed by atoms with Gasteiger partial charge in [-0.1, -0.05) is 30.3 Å². The Morgan fingerprint density at radius 2 is 1.76 bits per heavy atom. The molecule has 0 radical (unpaired) electrons. The standard InChI is InChI=1S/C25H21FN4O3/c1-33-19-10-7-17(8-11-19)23-21(15-30(29-23)14-16-5-3-2-4-6-16)25(32)28-18-9-12-22(26)20(13-18)24(27)31/h2-13,15H,14H2,1H3,(H2,27,31)(H,28,32). The summed E-state index contributed by atoms with van der Waals surface area (Å²) >= 11 is 0. The van der Waals surface area contributed by atoms with Gasteiger partial charge in [-0.15, -0.1) is 0 Å². The van der Waals surface area contributed by atoms with E-state index in [1.165, 1.54) is 12.1 Å². The van der Waals surface area contributed by atoms with Gasteiger partial charge in [0.2, 0.25) is 0 Å². The summed E-state index contributed by atoms with van der Waals surface area (Å²) in [7, 11) is 1.57. The highest BCUT2D eigenvalue weighted by Gasteiger charge is 2.19. The van der Waals surface area contributed by atoms with Gasteiger partial charge < -0.3 is 15.8 Å². The van der Waals surface area contributed by atoms with Gasteiger partial charge in [0.15, 0.2) is 0 Å². The number of benzene rings is 3. The molecule has 0 aliphatic heterocycles. The number of ether oxygens (including phenoxy) is 1. The van der Waals surface area contributed by atoms with Crippen LogP contribution in [0.25, 0.3) is 11.3 Å². The summed E-state index contributed by atoms with van der Waals surface area (Å²) in [4.78, 5) is 24.6. The van der Waals surface area contributed by atoms with Crippen LogP contribution in [0.2, 0.25) is 0 Å². The monoisotopic (exact) mass is 444 g/mol. The van der Waals surface area contributed by atoms with Gasteiger partial charge in [-0.3, -0.25) is 14.3 Å². The van der Waals surface area contributed by atoms with Crippen molar-refractivity contribution in [3.63, 3.8) is 0 Å². The first kappa shape index (κ1) is 21.8. The lowest BCUT2D eigenvalue weighted by molar-refractivity contribution is 0.0992. The third-order valence-electron chi connectivity index (χ3n) is 5.05. The van der Waals surface area contributed by atoms with Crippen LogP contribution in [0.15, 0.2) is 79.0 Å². The maximum atomic E-state index is 13.8. The number of rotatable bonds is 7. The number of methoxy groups -OCH3 is 1. The van der Waals surface area contributed by atoms with E-state index in [1.807, 2.05) is 42.5 Å². The lowest BCUT2D eigenvalue weighted by atomic mass is 10.1. The third kappa shape index (κ3) is 4.90. The van der Waals surface area contributed by atoms with Crippen molar-refractivity contribution in [3.05, 3.63) is 102 Å². The largest absolute Gasteiger partial charge is 0.497 e. The molecular formula is C25H21FN4O3. The number of carbonyl (C=O) groups is 2. The maximum absolute atomic E-state index is 13.8. The van der Waals surface area contributed by atoms with E-state index in [0.29, 0.717) is 23.6 Å². The van der Waals surface area contributed by atoms with E-state index < -0.39 is 17.6 Å². The molecule has 2 amide bonds. The van der Waals surface area contributed by atoms with Crippen LogP contribution in [-0.2, 0) is 6.54 Å². The zero-order chi connectivity index (χ0) is 23.4. The fourth-order valence-corrected chi connectivity index (χ4v) is 3.39. The molecule has 4 aromatic rings. The molecule has 1 heterocycles. The number of nitrogens with zero attached hydrogens (tertiary/aromatic N) is 2. The predicted octanol–water partition coefficient (Wildman–Crippen LogP) is 4.10. The fraction of sp³-hybridized carbons (Fsp3) is 0.0800. The molecule has 0 spiro atoms. The van der Waals surface area contributed by atoms with E-state index in [1.54, 1.807) is 30.1 Å². The molecule has 1 aromatic heterocycles. The smallest absolute Gasteiger partial charge is 0.259 e. The van der Waals surface area contributed by atoms with E-state index >= 15 is 0 Å². The number of amides is 2. The van der Waals surface area contributed by atoms with Crippen molar-refractivity contribution >= 4 is 17.5 Å². The second-order valence-electron chi connectivity index (χ2n) is 7.32. The quantitative estimate of drug-likeness (QED) is 0.448. The van der Waals surface area contributed by atoms with Gasteiger partial charge in [0.25, 0.3) is 11.8 Å². The second kappa shape index (κ2) is 9.35. The lowest BCUT2D eigenvalue weighted by Crippen LogP contribution is -2.16. The first-order chi connectivity index (χ1) is 15.9. The van der Waals surface area contributed by atoms with Crippen LogP contribution in [0, 0.1) is 5.82 Å². The number of anilines is 1. The van der Waals surface area contributed by atoms with Gasteiger partial charge in [-0.05, 0) is 48.0 Å². The molecule has 0 aliphatic carbocycles. The molecule has 0 saturated carbocycles. The number of primary amides is 1. The Balaban J connectivity index is 1.69. The summed E-state index contributed by atoms with van der Waals surface area (Å²) in [6.07, 6.45) is 1.65. The van der Waals surface area contributed by atoms with Gasteiger partial charge in [0, 0.05) is 17.4 Å². The van der Waals surface area contributed by atoms with Crippen LogP contribution in [0.4, 0.5) is 10.1 Å². The summed E-state index contributed by atoms with van der Waals surface area (Å²) in [5.74, 6) is -1.45. The first-order valence-electron chi connectivity index (χ1n) is 10.1. The van der Waals surface area contributed by atoms with Crippen molar-refractivity contribution in [3.8, 4) is 17.0 Å². The molecule has 8 heteroatoms. The number of halogens is 1. The van der Waals surface area contributed by atoms with E-state index in [0.717, 1.165) is 17.2 Å². The minimum atomic E-state index is -0.918. The predicted molar refractivity (Wildman–Crippen MR) is 123 cm³/mol. The van der Waals surface area contributed by atoms with E-state index in [9.17, 15) is 14.0 Å². The van der Waals surface area contributed by atoms with E-state index in [2.05, 4.69) is 10.4 Å². The SMILES string of the molecule is COc1ccc(-c2nn(Cc3ccccc3)cc2C(=O)Nc2ccc(F)c(C(N)=O)c2)cc1. The Hall–Kier alpha value is -4.46. The molecule has 7 nitrogen and oxygen atoms in total. The summed E-state index contributed by atoms with van der Waals surface area (Å²) in [5.41, 5.74) is 7.70. The summed E-state index contributed by atoms with van der Waals surface area (Å²) in [6.45, 7) is 0.472. The van der Waals surface area contributed by atoms with Crippen molar-refractivity contribution in [2.75, 3.05) is 12.4 Å². The maximum Gasteiger partial charge on any atom is 0.259 e. The highest BCUT2D eigenvalue weighted by molar-refractivity contribution is 6.08. The number of nitrogens with two attached hydrogens (primary N) is 1. The van der Waals surface area contributed by atoms with Gasteiger partial charge in [0.05, 0.1) is 24.8 Å². The Labute approximate surface area is 189 Å². The Morgan fingerprint density at radius 3 is 2.42 bits per heavy atom. The van der Waals surface area contributed by atoms with E-state index in [-0.39, 0.29) is 11.3 Å². The number of hydrogen-bond donors (Lipinski definition) is 2. The normalized spacial score (nSPS) is 10.6. The first-order valence-corrected chi connectivity index (χ1v) is 10.1. The Kier molecular flexibility index (Phi) is 6.17. The summed E-state index contributed by atoms with van der Waals surface area (Å²) in [5, 5.41) is 7.33. The Bertz CT molecular complexity index is 1300. The average molecular weight is 444 g/mol. The molecule has 0 saturated heterocycles. The molecule has 0 aliphatic rings. The van der Waals surface area contributed by atoms with Crippen LogP contribution in [0.1, 0.15) is 26.3 Å². The zero-order valence-corrected chi connectivity index (χ0v) is 17.8. The molecule has 33 heavy (non-hydrogen) atoms. The molecule has 4 rings (SSSR count). The van der Waals surface area contributed by atoms with Gasteiger partial charge >= 0.3 is 0 Å². The molecule has 0 unspecified atom stereocenters. The van der Waals surface area contributed by atoms with Crippen molar-refractivity contribution in [2.45, 2.75) is 6.54 Å². The fourth-order valence-electron chi connectivity index (χ4n) is 3.39. The third-order valence-corrected chi connectivity index (χ3v) is 5.05.